The summed E-state index contributed by atoms with van der Waals surface area (Å²) >= 11 is 0. The molecule has 21 heavy (non-hydrogen) atoms. The highest BCUT2D eigenvalue weighted by atomic mass is 16.4. The van der Waals surface area contributed by atoms with Crippen LogP contribution in [-0.2, 0) is 17.8 Å². The van der Waals surface area contributed by atoms with Crippen molar-refractivity contribution in [1.82, 2.24) is 9.55 Å². The van der Waals surface area contributed by atoms with Crippen LogP contribution in [0.1, 0.15) is 16.1 Å². The number of nitrogens with two attached hydrogens (primary N) is 1. The summed E-state index contributed by atoms with van der Waals surface area (Å²) in [5.74, 6) is -1.34. The van der Waals surface area contributed by atoms with E-state index in [9.17, 15) is 9.59 Å². The third-order valence-corrected chi connectivity index (χ3v) is 2.86. The van der Waals surface area contributed by atoms with Crippen LogP contribution in [0.3, 0.4) is 0 Å². The van der Waals surface area contributed by atoms with Crippen LogP contribution < -0.4 is 11.1 Å². The van der Waals surface area contributed by atoms with E-state index >= 15 is 0 Å². The topological polar surface area (TPSA) is 110 Å². The van der Waals surface area contributed by atoms with Gasteiger partial charge in [-0.1, -0.05) is 18.2 Å². The van der Waals surface area contributed by atoms with Crippen molar-refractivity contribution in [2.75, 3.05) is 11.9 Å². The third-order valence-electron chi connectivity index (χ3n) is 2.86. The normalized spacial score (nSPS) is 10.3. The van der Waals surface area contributed by atoms with Gasteiger partial charge in [0.05, 0.1) is 12.7 Å². The molecule has 1 aromatic carbocycles. The number of nitrogens with zero attached hydrogens (tertiary/aromatic N) is 2. The molecule has 0 saturated heterocycles. The Morgan fingerprint density at radius 2 is 2.10 bits per heavy atom. The minimum absolute atomic E-state index is 0.155. The summed E-state index contributed by atoms with van der Waals surface area (Å²) in [5.41, 5.74) is 6.70. The van der Waals surface area contributed by atoms with E-state index in [0.29, 0.717) is 24.3 Å². The highest BCUT2D eigenvalue weighted by Gasteiger charge is 2.13. The van der Waals surface area contributed by atoms with Crippen LogP contribution in [0.25, 0.3) is 0 Å². The molecular formula is C14H16N4O3. The number of carbonyl (C=O) groups is 2. The van der Waals surface area contributed by atoms with Crippen molar-refractivity contribution >= 4 is 17.6 Å². The van der Waals surface area contributed by atoms with Gasteiger partial charge in [0.2, 0.25) is 0 Å². The zero-order chi connectivity index (χ0) is 15.2. The van der Waals surface area contributed by atoms with Gasteiger partial charge in [0.1, 0.15) is 5.69 Å². The number of imidazole rings is 1. The smallest absolute Gasteiger partial charge is 0.307 e. The Hall–Kier alpha value is -2.67. The van der Waals surface area contributed by atoms with Gasteiger partial charge < -0.3 is 20.7 Å². The van der Waals surface area contributed by atoms with Crippen molar-refractivity contribution in [2.45, 2.75) is 13.0 Å². The van der Waals surface area contributed by atoms with E-state index in [2.05, 4.69) is 10.3 Å². The Morgan fingerprint density at radius 3 is 2.81 bits per heavy atom. The number of anilines is 1. The molecule has 0 aliphatic heterocycles. The van der Waals surface area contributed by atoms with Gasteiger partial charge >= 0.3 is 5.97 Å². The number of hydrogen-bond donors (Lipinski definition) is 3. The number of carboxylic acid groups (broad SMARTS) is 1. The maximum absolute atomic E-state index is 12.1. The maximum atomic E-state index is 12.1. The molecular weight excluding hydrogens is 272 g/mol. The number of para-hydroxylation sites is 1. The first-order chi connectivity index (χ1) is 10.1. The molecule has 1 amide bonds. The number of carboxylic acids is 1. The fraction of sp³-hybridized carbons (Fsp3) is 0.214. The van der Waals surface area contributed by atoms with E-state index in [4.69, 9.17) is 10.8 Å². The number of carbonyl (C=O) groups excluding carboxylic acids is 1. The lowest BCUT2D eigenvalue weighted by Crippen LogP contribution is -2.15. The zero-order valence-corrected chi connectivity index (χ0v) is 11.3. The summed E-state index contributed by atoms with van der Waals surface area (Å²) in [5, 5.41) is 11.5. The monoisotopic (exact) mass is 288 g/mol. The van der Waals surface area contributed by atoms with Crippen LogP contribution >= 0.6 is 0 Å². The van der Waals surface area contributed by atoms with Crippen molar-refractivity contribution < 1.29 is 14.7 Å². The largest absolute Gasteiger partial charge is 0.481 e. The molecule has 0 saturated carbocycles. The average Bonchev–Trinajstić information content (AvgIpc) is 2.89. The fourth-order valence-electron chi connectivity index (χ4n) is 1.89. The molecule has 0 radical (unpaired) electrons. The highest BCUT2D eigenvalue weighted by molar-refractivity contribution is 6.03. The summed E-state index contributed by atoms with van der Waals surface area (Å²) in [7, 11) is 0. The van der Waals surface area contributed by atoms with Crippen LogP contribution in [-0.4, -0.2) is 33.1 Å². The molecule has 1 aromatic heterocycles. The van der Waals surface area contributed by atoms with Gasteiger partial charge in [0.25, 0.3) is 5.91 Å². The van der Waals surface area contributed by atoms with E-state index in [1.807, 2.05) is 0 Å². The summed E-state index contributed by atoms with van der Waals surface area (Å²) in [6.45, 7) is 1.04. The summed E-state index contributed by atoms with van der Waals surface area (Å²) in [6, 6.07) is 6.78. The van der Waals surface area contributed by atoms with E-state index in [1.165, 1.54) is 6.33 Å². The van der Waals surface area contributed by atoms with Crippen LogP contribution in [0.2, 0.25) is 0 Å². The maximum Gasteiger partial charge on any atom is 0.307 e. The molecule has 0 fully saturated rings. The standard InChI is InChI=1S/C14H16N4O3/c15-5-6-18-8-12(16-9-18)14(21)17-11-4-2-1-3-10(11)7-13(19)20/h1-4,8-9H,5-7,15H2,(H,17,21)(H,19,20). The van der Waals surface area contributed by atoms with Gasteiger partial charge in [-0.15, -0.1) is 0 Å². The zero-order valence-electron chi connectivity index (χ0n) is 11.3. The molecule has 0 unspecified atom stereocenters. The van der Waals surface area contributed by atoms with E-state index < -0.39 is 5.97 Å². The highest BCUT2D eigenvalue weighted by Crippen LogP contribution is 2.16. The summed E-state index contributed by atoms with van der Waals surface area (Å²) < 4.78 is 1.72. The average molecular weight is 288 g/mol. The van der Waals surface area contributed by atoms with Crippen molar-refractivity contribution in [1.29, 1.82) is 0 Å². The fourth-order valence-corrected chi connectivity index (χ4v) is 1.89. The molecule has 0 aliphatic carbocycles. The van der Waals surface area contributed by atoms with Gasteiger partial charge in [0.15, 0.2) is 0 Å². The predicted octanol–water partition coefficient (Wildman–Crippen LogP) is 0.721. The molecule has 1 heterocycles. The van der Waals surface area contributed by atoms with Crippen molar-refractivity contribution in [3.8, 4) is 0 Å². The van der Waals surface area contributed by atoms with E-state index in [-0.39, 0.29) is 18.0 Å². The minimum Gasteiger partial charge on any atom is -0.481 e. The number of aliphatic carboxylic acids is 1. The van der Waals surface area contributed by atoms with Crippen molar-refractivity contribution in [2.24, 2.45) is 5.73 Å². The third kappa shape index (κ3) is 3.90. The van der Waals surface area contributed by atoms with E-state index in [1.54, 1.807) is 35.0 Å². The van der Waals surface area contributed by atoms with Gasteiger partial charge in [-0.3, -0.25) is 9.59 Å². The molecule has 7 nitrogen and oxygen atoms in total. The predicted molar refractivity (Wildman–Crippen MR) is 77.0 cm³/mol. The molecule has 0 bridgehead atoms. The summed E-state index contributed by atoms with van der Waals surface area (Å²) in [4.78, 5) is 26.9. The molecule has 110 valence electrons. The number of nitrogens with one attached hydrogen (secondary N) is 1. The number of hydrogen-bond acceptors (Lipinski definition) is 4. The number of aromatic nitrogens is 2. The first kappa shape index (κ1) is 14.7. The number of rotatable bonds is 6. The van der Waals surface area contributed by atoms with Gasteiger partial charge in [-0.25, -0.2) is 4.98 Å². The van der Waals surface area contributed by atoms with E-state index in [0.717, 1.165) is 0 Å². The molecule has 0 spiro atoms. The Kier molecular flexibility index (Phi) is 4.68. The van der Waals surface area contributed by atoms with Gasteiger partial charge in [0, 0.05) is 25.0 Å². The second-order valence-electron chi connectivity index (χ2n) is 4.47. The van der Waals surface area contributed by atoms with Crippen LogP contribution in [0.4, 0.5) is 5.69 Å². The molecule has 7 heteroatoms. The Bertz CT molecular complexity index is 651. The number of benzene rings is 1. The van der Waals surface area contributed by atoms with Crippen LogP contribution in [0, 0.1) is 0 Å². The lowest BCUT2D eigenvalue weighted by atomic mass is 10.1. The van der Waals surface area contributed by atoms with Gasteiger partial charge in [-0.05, 0) is 11.6 Å². The lowest BCUT2D eigenvalue weighted by molar-refractivity contribution is -0.136. The van der Waals surface area contributed by atoms with Crippen LogP contribution in [0.5, 0.6) is 0 Å². The minimum atomic E-state index is -0.955. The molecule has 4 N–H and O–H groups in total. The quantitative estimate of drug-likeness (QED) is 0.725. The molecule has 0 aliphatic rings. The van der Waals surface area contributed by atoms with Crippen LogP contribution in [0.15, 0.2) is 36.8 Å². The van der Waals surface area contributed by atoms with Crippen molar-refractivity contribution in [3.63, 3.8) is 0 Å². The van der Waals surface area contributed by atoms with Crippen molar-refractivity contribution in [3.05, 3.63) is 48.0 Å². The SMILES string of the molecule is NCCn1cnc(C(=O)Nc2ccccc2CC(=O)O)c1. The molecule has 2 rings (SSSR count). The Balaban J connectivity index is 2.13. The van der Waals surface area contributed by atoms with Gasteiger partial charge in [-0.2, -0.15) is 0 Å². The summed E-state index contributed by atoms with van der Waals surface area (Å²) in [6.07, 6.45) is 2.98. The number of amides is 1. The Morgan fingerprint density at radius 1 is 1.33 bits per heavy atom. The second kappa shape index (κ2) is 6.67. The Labute approximate surface area is 121 Å². The second-order valence-corrected chi connectivity index (χ2v) is 4.47. The lowest BCUT2D eigenvalue weighted by Gasteiger charge is -2.08. The first-order valence-corrected chi connectivity index (χ1v) is 6.43. The first-order valence-electron chi connectivity index (χ1n) is 6.43. The molecule has 2 aromatic rings. The molecule has 0 atom stereocenters.